The van der Waals surface area contributed by atoms with Gasteiger partial charge in [0.1, 0.15) is 11.5 Å². The van der Waals surface area contributed by atoms with Crippen molar-refractivity contribution in [2.75, 3.05) is 14.2 Å². The second kappa shape index (κ2) is 8.68. The molecule has 0 aliphatic heterocycles. The molecule has 3 aromatic rings. The lowest BCUT2D eigenvalue weighted by atomic mass is 10.0. The first-order valence-electron chi connectivity index (χ1n) is 8.32. The van der Waals surface area contributed by atoms with Crippen LogP contribution >= 0.6 is 15.9 Å². The van der Waals surface area contributed by atoms with Crippen LogP contribution in [0.3, 0.4) is 0 Å². The Morgan fingerprint density at radius 3 is 2.59 bits per heavy atom. The van der Waals surface area contributed by atoms with Crippen molar-refractivity contribution in [3.8, 4) is 11.5 Å². The Bertz CT molecular complexity index is 1000. The van der Waals surface area contributed by atoms with Crippen LogP contribution in [0.4, 0.5) is 0 Å². The number of carbonyl (C=O) groups is 1. The predicted molar refractivity (Wildman–Crippen MR) is 111 cm³/mol. The quantitative estimate of drug-likeness (QED) is 0.471. The molecule has 1 N–H and O–H groups in total. The zero-order chi connectivity index (χ0) is 19.2. The zero-order valence-corrected chi connectivity index (χ0v) is 16.6. The molecule has 0 heterocycles. The van der Waals surface area contributed by atoms with Gasteiger partial charge in [-0.25, -0.2) is 5.43 Å². The molecule has 0 saturated heterocycles. The molecular weight excluding hydrogens is 408 g/mol. The van der Waals surface area contributed by atoms with Gasteiger partial charge < -0.3 is 9.47 Å². The van der Waals surface area contributed by atoms with E-state index in [9.17, 15) is 4.79 Å². The van der Waals surface area contributed by atoms with Crippen LogP contribution in [0.15, 0.2) is 64.2 Å². The monoisotopic (exact) mass is 426 g/mol. The fourth-order valence-corrected chi connectivity index (χ4v) is 3.27. The van der Waals surface area contributed by atoms with Gasteiger partial charge in [-0.2, -0.15) is 5.10 Å². The summed E-state index contributed by atoms with van der Waals surface area (Å²) < 4.78 is 11.5. The third kappa shape index (κ3) is 4.46. The standard InChI is InChI=1S/C21H19BrN2O3/c1-26-16-9-7-15(20(12-16)27-2)13-23-24-21(25)11-14-8-10-19(22)18-6-4-3-5-17(14)18/h3-10,12-13H,11H2,1-2H3,(H,24,25). The first-order valence-corrected chi connectivity index (χ1v) is 9.11. The van der Waals surface area contributed by atoms with E-state index in [1.54, 1.807) is 32.6 Å². The van der Waals surface area contributed by atoms with Crippen molar-refractivity contribution in [3.05, 3.63) is 70.2 Å². The SMILES string of the molecule is COc1ccc(C=NNC(=O)Cc2ccc(Br)c3ccccc23)c(OC)c1. The van der Waals surface area contributed by atoms with Crippen molar-refractivity contribution < 1.29 is 14.3 Å². The van der Waals surface area contributed by atoms with Crippen LogP contribution in [0.5, 0.6) is 11.5 Å². The fraction of sp³-hybridized carbons (Fsp3) is 0.143. The second-order valence-corrected chi connectivity index (χ2v) is 6.68. The third-order valence-electron chi connectivity index (χ3n) is 4.15. The molecule has 27 heavy (non-hydrogen) atoms. The molecule has 6 heteroatoms. The summed E-state index contributed by atoms with van der Waals surface area (Å²) in [6.45, 7) is 0. The van der Waals surface area contributed by atoms with E-state index in [4.69, 9.17) is 9.47 Å². The van der Waals surface area contributed by atoms with Crippen molar-refractivity contribution in [1.82, 2.24) is 5.43 Å². The summed E-state index contributed by atoms with van der Waals surface area (Å²) in [5.41, 5.74) is 4.26. The van der Waals surface area contributed by atoms with Gasteiger partial charge in [0.15, 0.2) is 0 Å². The van der Waals surface area contributed by atoms with Crippen molar-refractivity contribution in [2.45, 2.75) is 6.42 Å². The van der Waals surface area contributed by atoms with Gasteiger partial charge in [0, 0.05) is 16.1 Å². The number of rotatable bonds is 6. The average Bonchev–Trinajstić information content (AvgIpc) is 2.70. The van der Waals surface area contributed by atoms with Crippen LogP contribution in [0.1, 0.15) is 11.1 Å². The highest BCUT2D eigenvalue weighted by atomic mass is 79.9. The van der Waals surface area contributed by atoms with E-state index in [1.165, 1.54) is 0 Å². The Balaban J connectivity index is 1.71. The molecule has 0 radical (unpaired) electrons. The highest BCUT2D eigenvalue weighted by molar-refractivity contribution is 9.10. The van der Waals surface area contributed by atoms with Crippen LogP contribution < -0.4 is 14.9 Å². The molecule has 0 aliphatic rings. The number of nitrogens with zero attached hydrogens (tertiary/aromatic N) is 1. The molecule has 0 unspecified atom stereocenters. The normalized spacial score (nSPS) is 10.9. The first-order chi connectivity index (χ1) is 13.1. The maximum atomic E-state index is 12.3. The molecule has 3 rings (SSSR count). The number of fused-ring (bicyclic) bond motifs is 1. The average molecular weight is 427 g/mol. The van der Waals surface area contributed by atoms with Crippen LogP contribution in [0, 0.1) is 0 Å². The number of hydrogen-bond acceptors (Lipinski definition) is 4. The minimum atomic E-state index is -0.189. The van der Waals surface area contributed by atoms with Crippen molar-refractivity contribution in [1.29, 1.82) is 0 Å². The molecule has 0 saturated carbocycles. The van der Waals surface area contributed by atoms with E-state index in [-0.39, 0.29) is 12.3 Å². The molecule has 0 aliphatic carbocycles. The summed E-state index contributed by atoms with van der Waals surface area (Å²) in [5.74, 6) is 1.12. The smallest absolute Gasteiger partial charge is 0.244 e. The molecule has 3 aromatic carbocycles. The van der Waals surface area contributed by atoms with E-state index in [0.29, 0.717) is 11.5 Å². The van der Waals surface area contributed by atoms with Gasteiger partial charge in [-0.15, -0.1) is 0 Å². The lowest BCUT2D eigenvalue weighted by molar-refractivity contribution is -0.120. The maximum absolute atomic E-state index is 12.3. The summed E-state index contributed by atoms with van der Waals surface area (Å²) in [4.78, 5) is 12.3. The Hall–Kier alpha value is -2.86. The minimum Gasteiger partial charge on any atom is -0.497 e. The van der Waals surface area contributed by atoms with Crippen molar-refractivity contribution in [2.24, 2.45) is 5.10 Å². The van der Waals surface area contributed by atoms with Gasteiger partial charge in [0.25, 0.3) is 0 Å². The van der Waals surface area contributed by atoms with Gasteiger partial charge in [-0.05, 0) is 34.5 Å². The molecule has 0 atom stereocenters. The molecule has 5 nitrogen and oxygen atoms in total. The van der Waals surface area contributed by atoms with Crippen LogP contribution in [-0.2, 0) is 11.2 Å². The van der Waals surface area contributed by atoms with E-state index in [1.807, 2.05) is 42.5 Å². The lowest BCUT2D eigenvalue weighted by Crippen LogP contribution is -2.20. The largest absolute Gasteiger partial charge is 0.497 e. The highest BCUT2D eigenvalue weighted by Crippen LogP contribution is 2.27. The number of benzene rings is 3. The Morgan fingerprint density at radius 2 is 1.85 bits per heavy atom. The van der Waals surface area contributed by atoms with Gasteiger partial charge in [-0.3, -0.25) is 4.79 Å². The predicted octanol–water partition coefficient (Wildman–Crippen LogP) is 4.31. The number of nitrogens with one attached hydrogen (secondary N) is 1. The lowest BCUT2D eigenvalue weighted by Gasteiger charge is -2.08. The van der Waals surface area contributed by atoms with Gasteiger partial charge >= 0.3 is 0 Å². The highest BCUT2D eigenvalue weighted by Gasteiger charge is 2.08. The molecule has 0 fully saturated rings. The second-order valence-electron chi connectivity index (χ2n) is 5.83. The van der Waals surface area contributed by atoms with E-state index in [0.717, 1.165) is 26.4 Å². The van der Waals surface area contributed by atoms with Gasteiger partial charge in [0.05, 0.1) is 26.9 Å². The maximum Gasteiger partial charge on any atom is 0.244 e. The Morgan fingerprint density at radius 1 is 1.07 bits per heavy atom. The number of hydrazone groups is 1. The Kier molecular flexibility index (Phi) is 6.08. The summed E-state index contributed by atoms with van der Waals surface area (Å²) in [6.07, 6.45) is 1.79. The number of methoxy groups -OCH3 is 2. The molecule has 138 valence electrons. The van der Waals surface area contributed by atoms with E-state index in [2.05, 4.69) is 26.5 Å². The fourth-order valence-electron chi connectivity index (χ4n) is 2.79. The number of amides is 1. The van der Waals surface area contributed by atoms with Crippen LogP contribution in [0.25, 0.3) is 10.8 Å². The zero-order valence-electron chi connectivity index (χ0n) is 15.0. The van der Waals surface area contributed by atoms with Crippen LogP contribution in [-0.4, -0.2) is 26.3 Å². The molecule has 1 amide bonds. The summed E-state index contributed by atoms with van der Waals surface area (Å²) in [7, 11) is 3.16. The minimum absolute atomic E-state index is 0.189. The molecule has 0 bridgehead atoms. The molecule has 0 aromatic heterocycles. The van der Waals surface area contributed by atoms with Gasteiger partial charge in [-0.1, -0.05) is 46.3 Å². The first kappa shape index (κ1) is 18.9. The van der Waals surface area contributed by atoms with Crippen molar-refractivity contribution >= 4 is 38.8 Å². The third-order valence-corrected chi connectivity index (χ3v) is 4.84. The Labute approximate surface area is 166 Å². The number of hydrogen-bond donors (Lipinski definition) is 1. The molecular formula is C21H19BrN2O3. The summed E-state index contributed by atoms with van der Waals surface area (Å²) >= 11 is 3.54. The topological polar surface area (TPSA) is 59.9 Å². The van der Waals surface area contributed by atoms with E-state index < -0.39 is 0 Å². The summed E-state index contributed by atoms with van der Waals surface area (Å²) in [6, 6.07) is 17.3. The number of halogens is 1. The van der Waals surface area contributed by atoms with E-state index >= 15 is 0 Å². The molecule has 0 spiro atoms. The van der Waals surface area contributed by atoms with Crippen molar-refractivity contribution in [3.63, 3.8) is 0 Å². The number of ether oxygens (including phenoxy) is 2. The summed E-state index contributed by atoms with van der Waals surface area (Å²) in [5, 5.41) is 6.17. The number of carbonyl (C=O) groups excluding carboxylic acids is 1. The van der Waals surface area contributed by atoms with Crippen LogP contribution in [0.2, 0.25) is 0 Å². The van der Waals surface area contributed by atoms with Gasteiger partial charge in [0.2, 0.25) is 5.91 Å².